The maximum atomic E-state index is 12.3. The van der Waals surface area contributed by atoms with E-state index in [0.29, 0.717) is 23.5 Å². The molecule has 0 bridgehead atoms. The summed E-state index contributed by atoms with van der Waals surface area (Å²) in [5, 5.41) is 0. The van der Waals surface area contributed by atoms with Crippen molar-refractivity contribution >= 4 is 11.6 Å². The van der Waals surface area contributed by atoms with Crippen LogP contribution in [0.2, 0.25) is 0 Å². The minimum absolute atomic E-state index is 0.0487. The van der Waals surface area contributed by atoms with Crippen LogP contribution in [0.4, 0.5) is 0 Å². The molecule has 4 rings (SSSR count). The lowest BCUT2D eigenvalue weighted by molar-refractivity contribution is -0.131. The molecule has 3 fully saturated rings. The summed E-state index contributed by atoms with van der Waals surface area (Å²) in [5.41, 5.74) is 1.35. The first-order valence-electron chi connectivity index (χ1n) is 8.43. The smallest absolute Gasteiger partial charge is 0.178 e. The fourth-order valence-corrected chi connectivity index (χ4v) is 5.97. The molecule has 2 nitrogen and oxygen atoms in total. The third kappa shape index (κ3) is 1.65. The summed E-state index contributed by atoms with van der Waals surface area (Å²) in [4.78, 5) is 24.0. The van der Waals surface area contributed by atoms with Gasteiger partial charge in [0.15, 0.2) is 5.78 Å². The van der Waals surface area contributed by atoms with Gasteiger partial charge in [0, 0.05) is 17.3 Å². The Labute approximate surface area is 126 Å². The zero-order valence-electron chi connectivity index (χ0n) is 13.0. The zero-order valence-corrected chi connectivity index (χ0v) is 13.0. The second kappa shape index (κ2) is 4.18. The van der Waals surface area contributed by atoms with Crippen molar-refractivity contribution in [3.05, 3.63) is 23.8 Å². The van der Waals surface area contributed by atoms with E-state index in [4.69, 9.17) is 0 Å². The number of allylic oxidation sites excluding steroid dienone is 4. The Kier molecular flexibility index (Phi) is 2.68. The molecule has 4 aliphatic rings. The highest BCUT2D eigenvalue weighted by molar-refractivity contribution is 6.01. The lowest BCUT2D eigenvalue weighted by Gasteiger charge is -2.55. The maximum Gasteiger partial charge on any atom is 0.178 e. The lowest BCUT2D eigenvalue weighted by atomic mass is 9.48. The highest BCUT2D eigenvalue weighted by Gasteiger charge is 2.58. The average Bonchev–Trinajstić information content (AvgIpc) is 2.76. The second-order valence-corrected chi connectivity index (χ2v) is 8.02. The van der Waals surface area contributed by atoms with Crippen molar-refractivity contribution in [2.75, 3.05) is 0 Å². The molecule has 4 aliphatic carbocycles. The van der Waals surface area contributed by atoms with E-state index in [0.717, 1.165) is 32.1 Å². The summed E-state index contributed by atoms with van der Waals surface area (Å²) in [6.45, 7) is 4.54. The first-order chi connectivity index (χ1) is 9.95. The van der Waals surface area contributed by atoms with Crippen molar-refractivity contribution in [2.45, 2.75) is 52.4 Å². The van der Waals surface area contributed by atoms with Gasteiger partial charge in [-0.15, -0.1) is 0 Å². The Morgan fingerprint density at radius 3 is 2.67 bits per heavy atom. The van der Waals surface area contributed by atoms with E-state index in [1.54, 1.807) is 6.08 Å². The number of rotatable bonds is 0. The molecule has 0 unspecified atom stereocenters. The van der Waals surface area contributed by atoms with Gasteiger partial charge in [0.25, 0.3) is 0 Å². The van der Waals surface area contributed by atoms with Crippen molar-refractivity contribution in [3.8, 4) is 0 Å². The van der Waals surface area contributed by atoms with Gasteiger partial charge in [-0.05, 0) is 62.0 Å². The number of hydrogen-bond acceptors (Lipinski definition) is 2. The van der Waals surface area contributed by atoms with Crippen LogP contribution in [0.15, 0.2) is 23.8 Å². The van der Waals surface area contributed by atoms with Crippen LogP contribution in [-0.4, -0.2) is 11.6 Å². The quantitative estimate of drug-likeness (QED) is 0.677. The largest absolute Gasteiger partial charge is 0.299 e. The minimum atomic E-state index is -0.0487. The second-order valence-electron chi connectivity index (χ2n) is 8.02. The molecule has 2 heteroatoms. The molecule has 0 aromatic carbocycles. The zero-order chi connectivity index (χ0) is 14.8. The molecule has 112 valence electrons. The number of carbonyl (C=O) groups is 2. The van der Waals surface area contributed by atoms with E-state index in [1.165, 1.54) is 12.0 Å². The van der Waals surface area contributed by atoms with Crippen molar-refractivity contribution in [1.82, 2.24) is 0 Å². The number of Topliss-reactive ketones (excluding diaryl/α,β-unsaturated/α-hetero) is 1. The van der Waals surface area contributed by atoms with Crippen LogP contribution in [0.3, 0.4) is 0 Å². The highest BCUT2D eigenvalue weighted by Crippen LogP contribution is 2.63. The van der Waals surface area contributed by atoms with Gasteiger partial charge in [0.2, 0.25) is 0 Å². The number of carbonyl (C=O) groups excluding carboxylic acids is 2. The topological polar surface area (TPSA) is 34.1 Å². The molecular weight excluding hydrogens is 260 g/mol. The van der Waals surface area contributed by atoms with Crippen molar-refractivity contribution < 1.29 is 9.59 Å². The number of ketones is 2. The summed E-state index contributed by atoms with van der Waals surface area (Å²) < 4.78 is 0. The first-order valence-corrected chi connectivity index (χ1v) is 8.43. The predicted molar refractivity (Wildman–Crippen MR) is 81.6 cm³/mol. The van der Waals surface area contributed by atoms with Crippen molar-refractivity contribution in [2.24, 2.45) is 28.6 Å². The van der Waals surface area contributed by atoms with Crippen LogP contribution < -0.4 is 0 Å². The third-order valence-electron chi connectivity index (χ3n) is 7.27. The summed E-state index contributed by atoms with van der Waals surface area (Å²) in [6, 6.07) is 0. The molecule has 0 heterocycles. The Morgan fingerprint density at radius 1 is 1.05 bits per heavy atom. The molecule has 3 saturated carbocycles. The van der Waals surface area contributed by atoms with E-state index in [9.17, 15) is 9.59 Å². The molecule has 0 aromatic heterocycles. The molecule has 5 atom stereocenters. The Bertz CT molecular complexity index is 584. The third-order valence-corrected chi connectivity index (χ3v) is 7.27. The first kappa shape index (κ1) is 13.5. The van der Waals surface area contributed by atoms with Crippen molar-refractivity contribution in [1.29, 1.82) is 0 Å². The summed E-state index contributed by atoms with van der Waals surface area (Å²) in [5.74, 6) is 2.51. The van der Waals surface area contributed by atoms with Crippen molar-refractivity contribution in [3.63, 3.8) is 0 Å². The van der Waals surface area contributed by atoms with Gasteiger partial charge in [0.05, 0.1) is 0 Å². The van der Waals surface area contributed by atoms with Crippen LogP contribution in [0.5, 0.6) is 0 Å². The molecule has 0 aliphatic heterocycles. The average molecular weight is 284 g/mol. The highest BCUT2D eigenvalue weighted by atomic mass is 16.1. The van der Waals surface area contributed by atoms with Gasteiger partial charge >= 0.3 is 0 Å². The normalized spacial score (nSPS) is 48.5. The van der Waals surface area contributed by atoms with E-state index >= 15 is 0 Å². The number of hydrogen-bond donors (Lipinski definition) is 0. The summed E-state index contributed by atoms with van der Waals surface area (Å²) in [6.07, 6.45) is 12.1. The molecule has 0 aromatic rings. The fourth-order valence-electron chi connectivity index (χ4n) is 5.97. The monoisotopic (exact) mass is 284 g/mol. The van der Waals surface area contributed by atoms with Gasteiger partial charge in [-0.3, -0.25) is 9.59 Å². The standard InChI is InChI=1S/C19H24O2/c1-18-9-7-13(20)11-12(18)3-4-14-15-5-6-17(21)19(15,2)10-8-16(14)18/h7,9,11,14-16H,3-6,8,10H2,1-2H3/t14-,15-,16-,18+,19-/m0/s1. The molecule has 0 spiro atoms. The minimum Gasteiger partial charge on any atom is -0.299 e. The Morgan fingerprint density at radius 2 is 1.86 bits per heavy atom. The van der Waals surface area contributed by atoms with Gasteiger partial charge in [-0.1, -0.05) is 25.5 Å². The fraction of sp³-hybridized carbons (Fsp3) is 0.684. The van der Waals surface area contributed by atoms with Gasteiger partial charge in [-0.25, -0.2) is 0 Å². The lowest BCUT2D eigenvalue weighted by Crippen LogP contribution is -2.49. The van der Waals surface area contributed by atoms with E-state index < -0.39 is 0 Å². The number of fused-ring (bicyclic) bond motifs is 5. The SMILES string of the molecule is C[C@@]12C=CC(=O)C=C1CC[C@@H]1[C@@H]2CC[C@]2(C)C(=O)CC[C@@H]12. The molecule has 0 radical (unpaired) electrons. The Hall–Kier alpha value is -1.18. The predicted octanol–water partition coefficient (Wildman–Crippen LogP) is 3.86. The van der Waals surface area contributed by atoms with Crippen LogP contribution in [0.1, 0.15) is 52.4 Å². The summed E-state index contributed by atoms with van der Waals surface area (Å²) >= 11 is 0. The van der Waals surface area contributed by atoms with Gasteiger partial charge in [0.1, 0.15) is 5.78 Å². The molecule has 0 amide bonds. The molecular formula is C19H24O2. The van der Waals surface area contributed by atoms with E-state index in [2.05, 4.69) is 19.9 Å². The van der Waals surface area contributed by atoms with Crippen LogP contribution in [0, 0.1) is 28.6 Å². The van der Waals surface area contributed by atoms with Crippen LogP contribution in [0.25, 0.3) is 0 Å². The van der Waals surface area contributed by atoms with Gasteiger partial charge in [-0.2, -0.15) is 0 Å². The molecule has 0 saturated heterocycles. The van der Waals surface area contributed by atoms with Crippen LogP contribution >= 0.6 is 0 Å². The van der Waals surface area contributed by atoms with E-state index in [1.807, 2.05) is 6.08 Å². The Balaban J connectivity index is 1.72. The van der Waals surface area contributed by atoms with Crippen LogP contribution in [-0.2, 0) is 9.59 Å². The maximum absolute atomic E-state index is 12.3. The van der Waals surface area contributed by atoms with Gasteiger partial charge < -0.3 is 0 Å². The summed E-state index contributed by atoms with van der Waals surface area (Å²) in [7, 11) is 0. The molecule has 21 heavy (non-hydrogen) atoms. The molecule has 0 N–H and O–H groups in total. The van der Waals surface area contributed by atoms with E-state index in [-0.39, 0.29) is 16.6 Å².